The highest BCUT2D eigenvalue weighted by Gasteiger charge is 2.34. The standard InChI is InChI=1S/C22H26FN5O4/c1-22(11-30)12-31-20(32-13-22)19-27-17(14-3-5-15(23)6-4-14)18(28-19)16-7-9-25-21(26-16)24-8-2-10-29/h3-7,9,20,29-30H,2,8,10-13H2,1H3,(H,27,28)(H,24,25,26). The molecule has 3 aromatic rings. The van der Waals surface area contributed by atoms with Gasteiger partial charge in [0.05, 0.1) is 36.9 Å². The van der Waals surface area contributed by atoms with Crippen molar-refractivity contribution < 1.29 is 24.1 Å². The van der Waals surface area contributed by atoms with E-state index in [0.717, 1.165) is 0 Å². The van der Waals surface area contributed by atoms with E-state index < -0.39 is 11.7 Å². The van der Waals surface area contributed by atoms with Gasteiger partial charge in [0.1, 0.15) is 5.82 Å². The highest BCUT2D eigenvalue weighted by Crippen LogP contribution is 2.35. The van der Waals surface area contributed by atoms with E-state index in [1.165, 1.54) is 12.1 Å². The average molecular weight is 443 g/mol. The molecular formula is C22H26FN5O4. The van der Waals surface area contributed by atoms with Crippen LogP contribution in [0.25, 0.3) is 22.6 Å². The number of benzene rings is 1. The molecule has 170 valence electrons. The fraction of sp³-hybridized carbons (Fsp3) is 0.409. The fourth-order valence-corrected chi connectivity index (χ4v) is 3.26. The van der Waals surface area contributed by atoms with E-state index in [2.05, 4.69) is 25.3 Å². The number of aromatic amines is 1. The zero-order valence-electron chi connectivity index (χ0n) is 17.7. The van der Waals surface area contributed by atoms with Crippen molar-refractivity contribution in [3.63, 3.8) is 0 Å². The van der Waals surface area contributed by atoms with Crippen molar-refractivity contribution in [2.75, 3.05) is 38.3 Å². The Morgan fingerprint density at radius 1 is 1.16 bits per heavy atom. The Hall–Kier alpha value is -2.92. The number of anilines is 1. The summed E-state index contributed by atoms with van der Waals surface area (Å²) in [7, 11) is 0. The molecule has 2 aromatic heterocycles. The Kier molecular flexibility index (Phi) is 6.75. The lowest BCUT2D eigenvalue weighted by molar-refractivity contribution is -0.239. The third kappa shape index (κ3) is 4.94. The lowest BCUT2D eigenvalue weighted by atomic mass is 9.94. The van der Waals surface area contributed by atoms with Gasteiger partial charge >= 0.3 is 0 Å². The van der Waals surface area contributed by atoms with Crippen molar-refractivity contribution in [3.05, 3.63) is 48.2 Å². The second-order valence-electron chi connectivity index (χ2n) is 8.04. The maximum Gasteiger partial charge on any atom is 0.223 e. The van der Waals surface area contributed by atoms with E-state index in [0.29, 0.717) is 60.6 Å². The molecule has 1 fully saturated rings. The molecule has 1 aliphatic rings. The van der Waals surface area contributed by atoms with Gasteiger partial charge in [-0.05, 0) is 36.8 Å². The highest BCUT2D eigenvalue weighted by atomic mass is 19.1. The lowest BCUT2D eigenvalue weighted by Gasteiger charge is -2.35. The molecule has 3 heterocycles. The van der Waals surface area contributed by atoms with Crippen LogP contribution in [0, 0.1) is 11.2 Å². The smallest absolute Gasteiger partial charge is 0.223 e. The molecule has 4 rings (SSSR count). The van der Waals surface area contributed by atoms with Gasteiger partial charge in [-0.15, -0.1) is 0 Å². The molecule has 1 aromatic carbocycles. The second kappa shape index (κ2) is 9.70. The number of imidazole rings is 1. The fourth-order valence-electron chi connectivity index (χ4n) is 3.26. The van der Waals surface area contributed by atoms with E-state index >= 15 is 0 Å². The number of aliphatic hydroxyl groups excluding tert-OH is 2. The normalized spacial score (nSPS) is 20.9. The van der Waals surface area contributed by atoms with E-state index in [4.69, 9.17) is 14.6 Å². The van der Waals surface area contributed by atoms with Gasteiger partial charge in [0.25, 0.3) is 0 Å². The summed E-state index contributed by atoms with van der Waals surface area (Å²) in [5.74, 6) is 0.527. The van der Waals surface area contributed by atoms with Crippen molar-refractivity contribution in [1.29, 1.82) is 0 Å². The van der Waals surface area contributed by atoms with Crippen LogP contribution in [0.1, 0.15) is 25.5 Å². The van der Waals surface area contributed by atoms with Gasteiger partial charge < -0.3 is 30.0 Å². The minimum atomic E-state index is -0.730. The van der Waals surface area contributed by atoms with E-state index in [1.807, 2.05) is 6.92 Å². The molecular weight excluding hydrogens is 417 g/mol. The summed E-state index contributed by atoms with van der Waals surface area (Å²) in [6.45, 7) is 3.09. The third-order valence-corrected chi connectivity index (χ3v) is 5.14. The Labute approximate surface area is 184 Å². The first-order chi connectivity index (χ1) is 15.5. The number of aromatic nitrogens is 4. The first-order valence-corrected chi connectivity index (χ1v) is 10.4. The van der Waals surface area contributed by atoms with Gasteiger partial charge in [-0.1, -0.05) is 6.92 Å². The Morgan fingerprint density at radius 3 is 2.59 bits per heavy atom. The van der Waals surface area contributed by atoms with Crippen LogP contribution in [0.3, 0.4) is 0 Å². The van der Waals surface area contributed by atoms with E-state index in [-0.39, 0.29) is 19.0 Å². The molecule has 0 spiro atoms. The summed E-state index contributed by atoms with van der Waals surface area (Å²) in [5, 5.41) is 21.6. The van der Waals surface area contributed by atoms with Crippen LogP contribution < -0.4 is 5.32 Å². The van der Waals surface area contributed by atoms with Gasteiger partial charge in [0.2, 0.25) is 12.2 Å². The number of aliphatic hydroxyl groups is 2. The number of halogens is 1. The first kappa shape index (κ1) is 22.3. The summed E-state index contributed by atoms with van der Waals surface area (Å²) < 4.78 is 25.1. The number of H-pyrrole nitrogens is 1. The summed E-state index contributed by atoms with van der Waals surface area (Å²) >= 11 is 0. The Bertz CT molecular complexity index is 1040. The zero-order chi connectivity index (χ0) is 22.6. The minimum Gasteiger partial charge on any atom is -0.396 e. The Morgan fingerprint density at radius 2 is 1.91 bits per heavy atom. The van der Waals surface area contributed by atoms with Crippen LogP contribution >= 0.6 is 0 Å². The first-order valence-electron chi connectivity index (χ1n) is 10.4. The van der Waals surface area contributed by atoms with Crippen molar-refractivity contribution in [1.82, 2.24) is 19.9 Å². The van der Waals surface area contributed by atoms with Crippen LogP contribution in [-0.2, 0) is 9.47 Å². The van der Waals surface area contributed by atoms with Gasteiger partial charge in [0.15, 0.2) is 5.82 Å². The maximum absolute atomic E-state index is 13.5. The summed E-state index contributed by atoms with van der Waals surface area (Å²) in [4.78, 5) is 16.7. The van der Waals surface area contributed by atoms with Crippen LogP contribution in [0.5, 0.6) is 0 Å². The molecule has 0 saturated carbocycles. The summed E-state index contributed by atoms with van der Waals surface area (Å²) in [5.41, 5.74) is 2.01. The highest BCUT2D eigenvalue weighted by molar-refractivity contribution is 5.77. The van der Waals surface area contributed by atoms with Gasteiger partial charge in [-0.25, -0.2) is 19.3 Å². The largest absolute Gasteiger partial charge is 0.396 e. The van der Waals surface area contributed by atoms with Crippen molar-refractivity contribution in [2.45, 2.75) is 19.6 Å². The lowest BCUT2D eigenvalue weighted by Crippen LogP contribution is -2.39. The average Bonchev–Trinajstić information content (AvgIpc) is 3.26. The van der Waals surface area contributed by atoms with Gasteiger partial charge in [0, 0.05) is 30.3 Å². The summed E-state index contributed by atoms with van der Waals surface area (Å²) in [6.07, 6.45) is 1.47. The number of hydrogen-bond acceptors (Lipinski definition) is 8. The molecule has 10 heteroatoms. The quantitative estimate of drug-likeness (QED) is 0.392. The molecule has 0 atom stereocenters. The van der Waals surface area contributed by atoms with Gasteiger partial charge in [-0.3, -0.25) is 0 Å². The monoisotopic (exact) mass is 443 g/mol. The number of rotatable bonds is 8. The Balaban J connectivity index is 1.68. The van der Waals surface area contributed by atoms with Crippen molar-refractivity contribution >= 4 is 5.95 Å². The summed E-state index contributed by atoms with van der Waals surface area (Å²) in [6, 6.07) is 7.77. The molecule has 32 heavy (non-hydrogen) atoms. The molecule has 0 amide bonds. The topological polar surface area (TPSA) is 125 Å². The number of nitrogens with one attached hydrogen (secondary N) is 2. The predicted molar refractivity (Wildman–Crippen MR) is 115 cm³/mol. The second-order valence-corrected chi connectivity index (χ2v) is 8.04. The minimum absolute atomic E-state index is 0.0447. The molecule has 1 aliphatic heterocycles. The zero-order valence-corrected chi connectivity index (χ0v) is 17.7. The van der Waals surface area contributed by atoms with Crippen molar-refractivity contribution in [2.24, 2.45) is 5.41 Å². The van der Waals surface area contributed by atoms with E-state index in [9.17, 15) is 9.50 Å². The predicted octanol–water partition coefficient (Wildman–Crippen LogP) is 2.51. The molecule has 4 N–H and O–H groups in total. The van der Waals surface area contributed by atoms with E-state index in [1.54, 1.807) is 24.4 Å². The van der Waals surface area contributed by atoms with Crippen LogP contribution in [0.15, 0.2) is 36.5 Å². The van der Waals surface area contributed by atoms with Crippen LogP contribution in [0.4, 0.5) is 10.3 Å². The SMILES string of the molecule is CC1(CO)COC(c2nc(-c3ccc(F)cc3)c(-c3ccnc(NCCCO)n3)[nH]2)OC1. The number of hydrogen-bond donors (Lipinski definition) is 4. The number of ether oxygens (including phenoxy) is 2. The molecule has 9 nitrogen and oxygen atoms in total. The molecule has 0 radical (unpaired) electrons. The maximum atomic E-state index is 13.5. The third-order valence-electron chi connectivity index (χ3n) is 5.14. The molecule has 0 bridgehead atoms. The van der Waals surface area contributed by atoms with Crippen LogP contribution in [-0.4, -0.2) is 63.1 Å². The molecule has 0 aliphatic carbocycles. The van der Waals surface area contributed by atoms with Gasteiger partial charge in [-0.2, -0.15) is 0 Å². The number of nitrogens with zero attached hydrogens (tertiary/aromatic N) is 3. The molecule has 0 unspecified atom stereocenters. The molecule has 1 saturated heterocycles. The van der Waals surface area contributed by atoms with Crippen molar-refractivity contribution in [3.8, 4) is 22.6 Å². The van der Waals surface area contributed by atoms with Crippen LogP contribution in [0.2, 0.25) is 0 Å².